The smallest absolute Gasteiger partial charge is 0.164 e. The molecule has 4 heterocycles. The van der Waals surface area contributed by atoms with Crippen molar-refractivity contribution in [2.45, 2.75) is 0 Å². The van der Waals surface area contributed by atoms with Gasteiger partial charge in [0.15, 0.2) is 17.1 Å². The highest BCUT2D eigenvalue weighted by Crippen LogP contribution is 2.39. The minimum atomic E-state index is 0.607. The van der Waals surface area contributed by atoms with Gasteiger partial charge >= 0.3 is 0 Å². The molecule has 5 nitrogen and oxygen atoms in total. The van der Waals surface area contributed by atoms with E-state index in [1.54, 1.807) is 0 Å². The largest absolute Gasteiger partial charge is 0.456 e. The molecule has 0 amide bonds. The average Bonchev–Trinajstić information content (AvgIpc) is 3.76. The van der Waals surface area contributed by atoms with Crippen molar-refractivity contribution in [3.05, 3.63) is 152 Å². The zero-order valence-electron chi connectivity index (χ0n) is 26.6. The quantitative estimate of drug-likeness (QED) is 0.188. The number of benzene rings is 7. The summed E-state index contributed by atoms with van der Waals surface area (Å²) in [6.07, 6.45) is 0. The molecule has 0 spiro atoms. The molecule has 50 heavy (non-hydrogen) atoms. The Labute approximate surface area is 284 Å². The van der Waals surface area contributed by atoms with Crippen LogP contribution < -0.4 is 0 Å². The van der Waals surface area contributed by atoms with Crippen LogP contribution in [0, 0.1) is 0 Å². The van der Waals surface area contributed by atoms with Gasteiger partial charge in [0.2, 0.25) is 0 Å². The molecule has 0 saturated carbocycles. The molecule has 0 aliphatic carbocycles. The second kappa shape index (κ2) is 10.3. The van der Waals surface area contributed by atoms with Crippen molar-refractivity contribution in [1.82, 2.24) is 15.0 Å². The lowest BCUT2D eigenvalue weighted by molar-refractivity contribution is 0.669. The zero-order chi connectivity index (χ0) is 32.8. The third kappa shape index (κ3) is 4.04. The minimum Gasteiger partial charge on any atom is -0.456 e. The highest BCUT2D eigenvalue weighted by Gasteiger charge is 2.16. The van der Waals surface area contributed by atoms with Crippen molar-refractivity contribution in [3.8, 4) is 22.5 Å². The normalized spacial score (nSPS) is 12.0. The summed E-state index contributed by atoms with van der Waals surface area (Å²) in [5.41, 5.74) is 7.67. The van der Waals surface area contributed by atoms with Crippen molar-refractivity contribution < 1.29 is 8.83 Å². The Kier molecular flexibility index (Phi) is 5.60. The molecule has 0 N–H and O–H groups in total. The summed E-state index contributed by atoms with van der Waals surface area (Å²) in [6, 6.07) is 52.5. The van der Waals surface area contributed by atoms with E-state index in [1.165, 1.54) is 0 Å². The molecule has 4 aromatic heterocycles. The van der Waals surface area contributed by atoms with Crippen LogP contribution in [0.4, 0.5) is 0 Å². The standard InChI is InChI=1S/C45H25N3O2/c1-2-9-26(10-3-1)43-46-44-30-12-6-11-27(23-30)36-24-29(32-14-7-15-34-33-13-4-5-17-38(33)50-42(32)34)19-21-31(36)28-20-22-39-37(25-28)41-35(45(47-43)48-44)16-8-18-40(41)49-39/h1-25H. The van der Waals surface area contributed by atoms with E-state index in [9.17, 15) is 0 Å². The maximum atomic E-state index is 6.48. The predicted molar refractivity (Wildman–Crippen MR) is 204 cm³/mol. The molecule has 0 saturated heterocycles. The van der Waals surface area contributed by atoms with Gasteiger partial charge in [0.25, 0.3) is 0 Å². The van der Waals surface area contributed by atoms with Crippen molar-refractivity contribution in [3.63, 3.8) is 0 Å². The maximum Gasteiger partial charge on any atom is 0.164 e. The molecule has 0 atom stereocenters. The Morgan fingerprint density at radius 2 is 1.10 bits per heavy atom. The summed E-state index contributed by atoms with van der Waals surface area (Å²) >= 11 is 0. The monoisotopic (exact) mass is 639 g/mol. The molecule has 6 bridgehead atoms. The van der Waals surface area contributed by atoms with Gasteiger partial charge in [-0.05, 0) is 63.5 Å². The second-order valence-electron chi connectivity index (χ2n) is 12.8. The fourth-order valence-corrected chi connectivity index (χ4v) is 7.53. The molecule has 0 aliphatic heterocycles. The van der Waals surface area contributed by atoms with E-state index >= 15 is 0 Å². The van der Waals surface area contributed by atoms with Crippen molar-refractivity contribution in [1.29, 1.82) is 0 Å². The van der Waals surface area contributed by atoms with E-state index in [-0.39, 0.29) is 0 Å². The number of hydrogen-bond acceptors (Lipinski definition) is 5. The molecule has 11 rings (SSSR count). The highest BCUT2D eigenvalue weighted by atomic mass is 16.3. The van der Waals surface area contributed by atoms with Crippen LogP contribution in [-0.2, 0) is 0 Å². The van der Waals surface area contributed by atoms with Crippen LogP contribution in [0.3, 0.4) is 0 Å². The summed E-state index contributed by atoms with van der Waals surface area (Å²) in [5.74, 6) is 0.623. The number of furan rings is 2. The predicted octanol–water partition coefficient (Wildman–Crippen LogP) is 12.2. The van der Waals surface area contributed by atoms with E-state index in [0.717, 1.165) is 92.9 Å². The van der Waals surface area contributed by atoms with Crippen LogP contribution in [0.25, 0.3) is 110 Å². The Morgan fingerprint density at radius 3 is 2.06 bits per heavy atom. The fourth-order valence-electron chi connectivity index (χ4n) is 7.53. The SMILES string of the molecule is c1ccc(-c2nc3nc(n2)c2cccc4oc5ccc(cc5c42)c2ccc(-c4cccc5c4oc4ccccc45)cc2c2cccc3c2)cc1. The summed E-state index contributed by atoms with van der Waals surface area (Å²) in [5, 5.41) is 10.4. The molecular weight excluding hydrogens is 615 g/mol. The number of fused-ring (bicyclic) bond motifs is 13. The summed E-state index contributed by atoms with van der Waals surface area (Å²) in [4.78, 5) is 15.2. The first-order valence-corrected chi connectivity index (χ1v) is 16.7. The fraction of sp³-hybridized carbons (Fsp3) is 0. The van der Waals surface area contributed by atoms with Gasteiger partial charge < -0.3 is 8.83 Å². The molecule has 232 valence electrons. The molecule has 0 aliphatic rings. The summed E-state index contributed by atoms with van der Waals surface area (Å²) < 4.78 is 12.9. The van der Waals surface area contributed by atoms with Crippen LogP contribution in [0.2, 0.25) is 0 Å². The first kappa shape index (κ1) is 27.1. The third-order valence-electron chi connectivity index (χ3n) is 9.88. The Bertz CT molecular complexity index is 3210. The van der Waals surface area contributed by atoms with Gasteiger partial charge in [0.05, 0.1) is 0 Å². The number of aromatic nitrogens is 3. The van der Waals surface area contributed by atoms with E-state index in [1.807, 2.05) is 54.6 Å². The molecule has 0 fully saturated rings. The van der Waals surface area contributed by atoms with Crippen molar-refractivity contribution in [2.75, 3.05) is 0 Å². The molecule has 11 aromatic rings. The van der Waals surface area contributed by atoms with Crippen LogP contribution in [0.15, 0.2) is 160 Å². The first-order valence-electron chi connectivity index (χ1n) is 16.7. The zero-order valence-corrected chi connectivity index (χ0v) is 26.6. The van der Waals surface area contributed by atoms with E-state index in [4.69, 9.17) is 23.8 Å². The van der Waals surface area contributed by atoms with E-state index in [2.05, 4.69) is 97.1 Å². The van der Waals surface area contributed by atoms with Gasteiger partial charge in [-0.1, -0.05) is 115 Å². The number of rotatable bonds is 2. The van der Waals surface area contributed by atoms with Gasteiger partial charge in [-0.15, -0.1) is 0 Å². The van der Waals surface area contributed by atoms with Gasteiger partial charge in [-0.3, -0.25) is 0 Å². The molecule has 0 unspecified atom stereocenters. The Balaban J connectivity index is 1.31. The van der Waals surface area contributed by atoms with Crippen LogP contribution in [0.5, 0.6) is 0 Å². The van der Waals surface area contributed by atoms with E-state index < -0.39 is 0 Å². The average molecular weight is 640 g/mol. The van der Waals surface area contributed by atoms with Crippen molar-refractivity contribution >= 4 is 87.5 Å². The summed E-state index contributed by atoms with van der Waals surface area (Å²) in [6.45, 7) is 0. The number of nitrogens with zero attached hydrogens (tertiary/aromatic N) is 3. The van der Waals surface area contributed by atoms with Crippen LogP contribution in [0.1, 0.15) is 0 Å². The van der Waals surface area contributed by atoms with Gasteiger partial charge in [0.1, 0.15) is 22.3 Å². The van der Waals surface area contributed by atoms with Crippen LogP contribution in [-0.4, -0.2) is 15.0 Å². The topological polar surface area (TPSA) is 65.0 Å². The summed E-state index contributed by atoms with van der Waals surface area (Å²) in [7, 11) is 0. The lowest BCUT2D eigenvalue weighted by Crippen LogP contribution is -1.94. The highest BCUT2D eigenvalue weighted by molar-refractivity contribution is 6.20. The lowest BCUT2D eigenvalue weighted by Gasteiger charge is -2.07. The number of para-hydroxylation sites is 2. The lowest BCUT2D eigenvalue weighted by atomic mass is 9.96. The third-order valence-corrected chi connectivity index (χ3v) is 9.88. The molecule has 5 heteroatoms. The Hall–Kier alpha value is -6.85. The Morgan fingerprint density at radius 1 is 0.360 bits per heavy atom. The molecule has 0 radical (unpaired) electrons. The maximum absolute atomic E-state index is 6.48. The molecular formula is C45H25N3O2. The van der Waals surface area contributed by atoms with Gasteiger partial charge in [-0.2, -0.15) is 0 Å². The molecule has 7 aromatic carbocycles. The van der Waals surface area contributed by atoms with Crippen molar-refractivity contribution in [2.24, 2.45) is 0 Å². The second-order valence-corrected chi connectivity index (χ2v) is 12.8. The van der Waals surface area contributed by atoms with Crippen LogP contribution >= 0.6 is 0 Å². The van der Waals surface area contributed by atoms with Gasteiger partial charge in [0, 0.05) is 43.4 Å². The van der Waals surface area contributed by atoms with E-state index in [0.29, 0.717) is 17.1 Å². The van der Waals surface area contributed by atoms with Gasteiger partial charge in [-0.25, -0.2) is 15.0 Å². The minimum absolute atomic E-state index is 0.607. The number of hydrogen-bond donors (Lipinski definition) is 0. The first-order chi connectivity index (χ1) is 24.7.